The topological polar surface area (TPSA) is 86.8 Å². The van der Waals surface area contributed by atoms with E-state index in [9.17, 15) is 18.0 Å². The first kappa shape index (κ1) is 24.9. The molecule has 1 aliphatic rings. The number of amides is 2. The SMILES string of the molecule is Cc1ccc(S(=O)(=O)NCCC(=O)N2CCN(C(=O)CCCc3ccccc3)CC2)cc1C. The second-order valence-corrected chi connectivity index (χ2v) is 10.3. The van der Waals surface area contributed by atoms with Crippen molar-refractivity contribution in [2.45, 2.75) is 44.4 Å². The summed E-state index contributed by atoms with van der Waals surface area (Å²) in [6.07, 6.45) is 2.28. The molecule has 0 bridgehead atoms. The quantitative estimate of drug-likeness (QED) is 0.609. The van der Waals surface area contributed by atoms with Gasteiger partial charge in [-0.15, -0.1) is 0 Å². The molecule has 178 valence electrons. The van der Waals surface area contributed by atoms with Crippen LogP contribution in [-0.2, 0) is 26.0 Å². The summed E-state index contributed by atoms with van der Waals surface area (Å²) >= 11 is 0. The van der Waals surface area contributed by atoms with Crippen molar-refractivity contribution in [2.75, 3.05) is 32.7 Å². The molecule has 1 N–H and O–H groups in total. The van der Waals surface area contributed by atoms with Crippen molar-refractivity contribution < 1.29 is 18.0 Å². The average Bonchev–Trinajstić information content (AvgIpc) is 2.81. The van der Waals surface area contributed by atoms with Gasteiger partial charge in [-0.3, -0.25) is 9.59 Å². The molecule has 2 aromatic carbocycles. The molecule has 1 saturated heterocycles. The highest BCUT2D eigenvalue weighted by Crippen LogP contribution is 2.15. The van der Waals surface area contributed by atoms with E-state index >= 15 is 0 Å². The highest BCUT2D eigenvalue weighted by atomic mass is 32.2. The summed E-state index contributed by atoms with van der Waals surface area (Å²) in [7, 11) is -3.65. The van der Waals surface area contributed by atoms with Crippen LogP contribution in [0, 0.1) is 13.8 Å². The van der Waals surface area contributed by atoms with E-state index in [0.29, 0.717) is 32.6 Å². The fourth-order valence-electron chi connectivity index (χ4n) is 3.87. The number of aryl methyl sites for hydroxylation is 3. The molecule has 3 rings (SSSR count). The van der Waals surface area contributed by atoms with Crippen molar-refractivity contribution in [3.8, 4) is 0 Å². The van der Waals surface area contributed by atoms with Gasteiger partial charge in [-0.2, -0.15) is 0 Å². The molecule has 0 aliphatic carbocycles. The molecule has 1 aliphatic heterocycles. The van der Waals surface area contributed by atoms with E-state index in [4.69, 9.17) is 0 Å². The van der Waals surface area contributed by atoms with Crippen LogP contribution >= 0.6 is 0 Å². The van der Waals surface area contributed by atoms with Crippen LogP contribution in [0.5, 0.6) is 0 Å². The zero-order valence-electron chi connectivity index (χ0n) is 19.4. The van der Waals surface area contributed by atoms with E-state index < -0.39 is 10.0 Å². The predicted octanol–water partition coefficient (Wildman–Crippen LogP) is 2.67. The monoisotopic (exact) mass is 471 g/mol. The molecule has 33 heavy (non-hydrogen) atoms. The maximum atomic E-state index is 12.5. The Labute approximate surface area is 196 Å². The largest absolute Gasteiger partial charge is 0.339 e. The van der Waals surface area contributed by atoms with Crippen LogP contribution in [0.4, 0.5) is 0 Å². The number of hydrogen-bond donors (Lipinski definition) is 1. The first-order chi connectivity index (χ1) is 15.8. The van der Waals surface area contributed by atoms with Crippen LogP contribution < -0.4 is 4.72 Å². The number of nitrogens with zero attached hydrogens (tertiary/aromatic N) is 2. The average molecular weight is 472 g/mol. The number of carbonyl (C=O) groups excluding carboxylic acids is 2. The molecule has 2 aromatic rings. The number of carbonyl (C=O) groups is 2. The summed E-state index contributed by atoms with van der Waals surface area (Å²) in [4.78, 5) is 28.7. The molecule has 2 amide bonds. The first-order valence-corrected chi connectivity index (χ1v) is 12.9. The van der Waals surface area contributed by atoms with Crippen LogP contribution in [0.1, 0.15) is 36.0 Å². The third kappa shape index (κ3) is 7.14. The van der Waals surface area contributed by atoms with Gasteiger partial charge in [-0.05, 0) is 55.5 Å². The summed E-state index contributed by atoms with van der Waals surface area (Å²) in [5, 5.41) is 0. The molecule has 0 unspecified atom stereocenters. The Kier molecular flexibility index (Phi) is 8.63. The van der Waals surface area contributed by atoms with Gasteiger partial charge in [-0.1, -0.05) is 36.4 Å². The lowest BCUT2D eigenvalue weighted by molar-refractivity contribution is -0.139. The van der Waals surface area contributed by atoms with Crippen LogP contribution in [0.3, 0.4) is 0 Å². The van der Waals surface area contributed by atoms with Crippen molar-refractivity contribution in [1.29, 1.82) is 0 Å². The van der Waals surface area contributed by atoms with Crippen molar-refractivity contribution >= 4 is 21.8 Å². The maximum Gasteiger partial charge on any atom is 0.240 e. The number of benzene rings is 2. The smallest absolute Gasteiger partial charge is 0.240 e. The lowest BCUT2D eigenvalue weighted by Gasteiger charge is -2.35. The van der Waals surface area contributed by atoms with Gasteiger partial charge in [-0.25, -0.2) is 13.1 Å². The van der Waals surface area contributed by atoms with Crippen molar-refractivity contribution in [3.05, 3.63) is 65.2 Å². The minimum atomic E-state index is -3.65. The van der Waals surface area contributed by atoms with Gasteiger partial charge in [0.2, 0.25) is 21.8 Å². The third-order valence-electron chi connectivity index (χ3n) is 6.10. The Balaban J connectivity index is 1.37. The number of rotatable bonds is 9. The van der Waals surface area contributed by atoms with Gasteiger partial charge in [0, 0.05) is 45.6 Å². The van der Waals surface area contributed by atoms with Crippen LogP contribution in [-0.4, -0.2) is 62.8 Å². The second kappa shape index (κ2) is 11.4. The Morgan fingerprint density at radius 2 is 1.45 bits per heavy atom. The molecule has 0 atom stereocenters. The third-order valence-corrected chi connectivity index (χ3v) is 7.56. The Bertz CT molecular complexity index is 1060. The fraction of sp³-hybridized carbons (Fsp3) is 0.440. The normalized spacial score (nSPS) is 14.4. The van der Waals surface area contributed by atoms with Crippen LogP contribution in [0.15, 0.2) is 53.4 Å². The van der Waals surface area contributed by atoms with E-state index in [-0.39, 0.29) is 29.7 Å². The van der Waals surface area contributed by atoms with Crippen molar-refractivity contribution in [1.82, 2.24) is 14.5 Å². The van der Waals surface area contributed by atoms with E-state index in [1.807, 2.05) is 36.9 Å². The van der Waals surface area contributed by atoms with Crippen molar-refractivity contribution in [2.24, 2.45) is 0 Å². The van der Waals surface area contributed by atoms with E-state index in [1.54, 1.807) is 23.1 Å². The zero-order valence-corrected chi connectivity index (χ0v) is 20.2. The van der Waals surface area contributed by atoms with E-state index in [1.165, 1.54) is 5.56 Å². The molecule has 0 radical (unpaired) electrons. The Morgan fingerprint density at radius 1 is 0.848 bits per heavy atom. The molecule has 8 heteroatoms. The number of hydrogen-bond acceptors (Lipinski definition) is 4. The predicted molar refractivity (Wildman–Crippen MR) is 128 cm³/mol. The maximum absolute atomic E-state index is 12.5. The highest BCUT2D eigenvalue weighted by Gasteiger charge is 2.24. The molecule has 7 nitrogen and oxygen atoms in total. The number of piperazine rings is 1. The van der Waals surface area contributed by atoms with E-state index in [2.05, 4.69) is 16.9 Å². The van der Waals surface area contributed by atoms with Crippen molar-refractivity contribution in [3.63, 3.8) is 0 Å². The Hall–Kier alpha value is -2.71. The summed E-state index contributed by atoms with van der Waals surface area (Å²) < 4.78 is 27.5. The van der Waals surface area contributed by atoms with Crippen LogP contribution in [0.25, 0.3) is 0 Å². The van der Waals surface area contributed by atoms with Gasteiger partial charge in [0.05, 0.1) is 4.90 Å². The van der Waals surface area contributed by atoms with Gasteiger partial charge in [0.25, 0.3) is 0 Å². The van der Waals surface area contributed by atoms with E-state index in [0.717, 1.165) is 24.0 Å². The highest BCUT2D eigenvalue weighted by molar-refractivity contribution is 7.89. The number of sulfonamides is 1. The van der Waals surface area contributed by atoms with Gasteiger partial charge < -0.3 is 9.80 Å². The summed E-state index contributed by atoms with van der Waals surface area (Å²) in [5.41, 5.74) is 3.16. The molecule has 0 aromatic heterocycles. The molecule has 0 saturated carbocycles. The molecular weight excluding hydrogens is 438 g/mol. The minimum Gasteiger partial charge on any atom is -0.339 e. The van der Waals surface area contributed by atoms with Crippen LogP contribution in [0.2, 0.25) is 0 Å². The summed E-state index contributed by atoms with van der Waals surface area (Å²) in [5.74, 6) is 0.0214. The fourth-order valence-corrected chi connectivity index (χ4v) is 4.98. The zero-order chi connectivity index (χ0) is 23.8. The molecular formula is C25H33N3O4S. The van der Waals surface area contributed by atoms with Gasteiger partial charge >= 0.3 is 0 Å². The van der Waals surface area contributed by atoms with Gasteiger partial charge in [0.1, 0.15) is 0 Å². The summed E-state index contributed by atoms with van der Waals surface area (Å²) in [6, 6.07) is 15.1. The lowest BCUT2D eigenvalue weighted by atomic mass is 10.1. The molecule has 1 fully saturated rings. The first-order valence-electron chi connectivity index (χ1n) is 11.4. The number of nitrogens with one attached hydrogen (secondary N) is 1. The van der Waals surface area contributed by atoms with Gasteiger partial charge in [0.15, 0.2) is 0 Å². The molecule has 0 spiro atoms. The minimum absolute atomic E-state index is 0.0483. The molecule has 1 heterocycles. The second-order valence-electron chi connectivity index (χ2n) is 8.49. The lowest BCUT2D eigenvalue weighted by Crippen LogP contribution is -2.51. The Morgan fingerprint density at radius 3 is 2.06 bits per heavy atom. The standard InChI is InChI=1S/C25H33N3O4S/c1-20-11-12-23(19-21(20)2)33(31,32)26-14-13-25(30)28-17-15-27(16-18-28)24(29)10-6-9-22-7-4-3-5-8-22/h3-5,7-8,11-12,19,26H,6,9-10,13-18H2,1-2H3. The summed E-state index contributed by atoms with van der Waals surface area (Å²) in [6.45, 7) is 5.84.